The van der Waals surface area contributed by atoms with Crippen LogP contribution in [0.15, 0.2) is 140 Å². The van der Waals surface area contributed by atoms with Crippen LogP contribution in [-0.4, -0.2) is 19.5 Å². The molecule has 5 nitrogen and oxygen atoms in total. The third kappa shape index (κ3) is 3.87. The first kappa shape index (κ1) is 23.3. The molecule has 0 amide bonds. The molecule has 0 fully saturated rings. The van der Waals surface area contributed by atoms with Crippen molar-refractivity contribution >= 4 is 44.9 Å². The molecule has 0 aliphatic heterocycles. The first-order chi connectivity index (χ1) is 19.2. The van der Waals surface area contributed by atoms with Crippen LogP contribution in [0.2, 0.25) is 0 Å². The summed E-state index contributed by atoms with van der Waals surface area (Å²) in [6, 6.07) is 43.6. The summed E-state index contributed by atoms with van der Waals surface area (Å²) in [6.07, 6.45) is 1.55. The van der Waals surface area contributed by atoms with Crippen LogP contribution < -0.4 is 15.9 Å². The van der Waals surface area contributed by atoms with Gasteiger partial charge in [-0.25, -0.2) is 9.97 Å². The van der Waals surface area contributed by atoms with E-state index in [0.29, 0.717) is 11.8 Å². The number of benzene rings is 5. The molecule has 0 aliphatic carbocycles. The molecule has 7 aromatic rings. The summed E-state index contributed by atoms with van der Waals surface area (Å²) >= 11 is 0. The normalized spacial score (nSPS) is 11.7. The summed E-state index contributed by atoms with van der Waals surface area (Å²) in [5, 5.41) is 4.67. The zero-order chi connectivity index (χ0) is 26.2. The Morgan fingerprint density at radius 3 is 1.56 bits per heavy atom. The van der Waals surface area contributed by atoms with Gasteiger partial charge in [0, 0.05) is 32.2 Å². The molecule has 0 spiro atoms. The minimum Gasteiger partial charge on any atom is -0.309 e. The number of hydrogen-bond acceptors (Lipinski definition) is 4. The quantitative estimate of drug-likeness (QED) is 0.250. The van der Waals surface area contributed by atoms with E-state index < -0.39 is 7.14 Å². The second-order valence-corrected chi connectivity index (χ2v) is 12.1. The van der Waals surface area contributed by atoms with Gasteiger partial charge in [0.05, 0.1) is 11.0 Å². The molecule has 186 valence electrons. The Bertz CT molecular complexity index is 1890. The highest BCUT2D eigenvalue weighted by atomic mass is 31.2. The first-order valence-electron chi connectivity index (χ1n) is 12.7. The van der Waals surface area contributed by atoms with E-state index in [2.05, 4.69) is 38.8 Å². The van der Waals surface area contributed by atoms with Crippen LogP contribution >= 0.6 is 7.14 Å². The lowest BCUT2D eigenvalue weighted by atomic mass is 10.2. The minimum absolute atomic E-state index is 0.556. The Hall–Kier alpha value is -4.86. The van der Waals surface area contributed by atoms with Gasteiger partial charge < -0.3 is 4.57 Å². The van der Waals surface area contributed by atoms with Gasteiger partial charge in [-0.3, -0.25) is 4.57 Å². The van der Waals surface area contributed by atoms with Crippen molar-refractivity contribution in [3.8, 4) is 17.3 Å². The number of fused-ring (bicyclic) bond motifs is 3. The zero-order valence-electron chi connectivity index (χ0n) is 20.9. The van der Waals surface area contributed by atoms with Gasteiger partial charge in [0.2, 0.25) is 5.95 Å². The van der Waals surface area contributed by atoms with E-state index in [1.165, 1.54) is 0 Å². The summed E-state index contributed by atoms with van der Waals surface area (Å²) in [6.45, 7) is 0. The van der Waals surface area contributed by atoms with Crippen molar-refractivity contribution in [2.24, 2.45) is 0 Å². The Balaban J connectivity index is 1.33. The van der Waals surface area contributed by atoms with Crippen molar-refractivity contribution in [2.75, 3.05) is 0 Å². The standard InChI is InChI=1S/C33H23N4OP/c38-39(25-11-3-1-4-12-25,26-13-5-2-6-14-26)27-21-19-24(20-22-27)32-34-23-35-33(36-32)37-30-17-9-7-15-28(30)29-16-8-10-18-31(29)37/h1-23H. The molecule has 6 heteroatoms. The number of para-hydroxylation sites is 2. The van der Waals surface area contributed by atoms with Crippen molar-refractivity contribution in [3.05, 3.63) is 140 Å². The third-order valence-electron chi connectivity index (χ3n) is 7.07. The SMILES string of the molecule is O=P(c1ccccc1)(c1ccccc1)c1ccc(-c2ncnc(-n3c4ccccc4c4ccccc43)n2)cc1. The van der Waals surface area contributed by atoms with E-state index in [1.54, 1.807) is 6.33 Å². The molecule has 0 unspecified atom stereocenters. The second kappa shape index (κ2) is 9.46. The van der Waals surface area contributed by atoms with Crippen LogP contribution in [0.1, 0.15) is 0 Å². The Kier molecular flexibility index (Phi) is 5.65. The Morgan fingerprint density at radius 1 is 0.513 bits per heavy atom. The molecule has 0 atom stereocenters. The molecule has 0 saturated heterocycles. The number of nitrogens with zero attached hydrogens (tertiary/aromatic N) is 4. The van der Waals surface area contributed by atoms with Crippen LogP contribution in [0, 0.1) is 0 Å². The maximum Gasteiger partial charge on any atom is 0.238 e. The summed E-state index contributed by atoms with van der Waals surface area (Å²) in [5.74, 6) is 1.11. The predicted molar refractivity (Wildman–Crippen MR) is 159 cm³/mol. The summed E-state index contributed by atoms with van der Waals surface area (Å²) in [4.78, 5) is 13.9. The predicted octanol–water partition coefficient (Wildman–Crippen LogP) is 6.28. The lowest BCUT2D eigenvalue weighted by Gasteiger charge is -2.20. The average Bonchev–Trinajstić information content (AvgIpc) is 3.36. The Labute approximate surface area is 225 Å². The van der Waals surface area contributed by atoms with Gasteiger partial charge >= 0.3 is 0 Å². The highest BCUT2D eigenvalue weighted by Crippen LogP contribution is 2.42. The van der Waals surface area contributed by atoms with Crippen LogP contribution in [0.25, 0.3) is 39.1 Å². The molecule has 2 heterocycles. The van der Waals surface area contributed by atoms with Gasteiger partial charge in [-0.05, 0) is 12.1 Å². The molecule has 0 aliphatic rings. The largest absolute Gasteiger partial charge is 0.309 e. The van der Waals surface area contributed by atoms with Crippen molar-refractivity contribution in [3.63, 3.8) is 0 Å². The highest BCUT2D eigenvalue weighted by molar-refractivity contribution is 7.85. The van der Waals surface area contributed by atoms with Crippen molar-refractivity contribution in [2.45, 2.75) is 0 Å². The van der Waals surface area contributed by atoms with Gasteiger partial charge in [0.1, 0.15) is 6.33 Å². The van der Waals surface area contributed by atoms with Gasteiger partial charge in [-0.15, -0.1) is 0 Å². The monoisotopic (exact) mass is 522 g/mol. The first-order valence-corrected chi connectivity index (χ1v) is 14.4. The smallest absolute Gasteiger partial charge is 0.238 e. The maximum atomic E-state index is 14.7. The summed E-state index contributed by atoms with van der Waals surface area (Å²) < 4.78 is 16.8. The molecule has 7 rings (SSSR count). The fourth-order valence-electron chi connectivity index (χ4n) is 5.22. The van der Waals surface area contributed by atoms with Crippen LogP contribution in [-0.2, 0) is 4.57 Å². The van der Waals surface area contributed by atoms with Crippen LogP contribution in [0.3, 0.4) is 0 Å². The number of aromatic nitrogens is 4. The number of rotatable bonds is 5. The number of hydrogen-bond donors (Lipinski definition) is 0. The molecule has 5 aromatic carbocycles. The van der Waals surface area contributed by atoms with E-state index in [1.807, 2.05) is 109 Å². The Morgan fingerprint density at radius 2 is 1.00 bits per heavy atom. The molecule has 0 saturated carbocycles. The molecule has 0 N–H and O–H groups in total. The van der Waals surface area contributed by atoms with Gasteiger partial charge in [-0.2, -0.15) is 4.98 Å². The molecule has 0 bridgehead atoms. The minimum atomic E-state index is -3.05. The van der Waals surface area contributed by atoms with Crippen molar-refractivity contribution in [1.82, 2.24) is 19.5 Å². The molecule has 2 aromatic heterocycles. The van der Waals surface area contributed by atoms with Crippen molar-refractivity contribution < 1.29 is 4.57 Å². The maximum absolute atomic E-state index is 14.7. The van der Waals surface area contributed by atoms with E-state index in [0.717, 1.165) is 43.3 Å². The molecular weight excluding hydrogens is 499 g/mol. The fraction of sp³-hybridized carbons (Fsp3) is 0. The summed E-state index contributed by atoms with van der Waals surface area (Å²) in [7, 11) is -3.05. The topological polar surface area (TPSA) is 60.7 Å². The van der Waals surface area contributed by atoms with Gasteiger partial charge in [0.15, 0.2) is 13.0 Å². The molecular formula is C33H23N4OP. The fourth-order valence-corrected chi connectivity index (χ4v) is 7.86. The van der Waals surface area contributed by atoms with E-state index in [4.69, 9.17) is 4.98 Å². The van der Waals surface area contributed by atoms with Crippen LogP contribution in [0.4, 0.5) is 0 Å². The van der Waals surface area contributed by atoms with E-state index in [9.17, 15) is 4.57 Å². The summed E-state index contributed by atoms with van der Waals surface area (Å²) in [5.41, 5.74) is 2.91. The van der Waals surface area contributed by atoms with E-state index >= 15 is 0 Å². The molecule has 39 heavy (non-hydrogen) atoms. The lowest BCUT2D eigenvalue weighted by molar-refractivity contribution is 0.592. The lowest BCUT2D eigenvalue weighted by Crippen LogP contribution is -2.24. The van der Waals surface area contributed by atoms with Gasteiger partial charge in [0.25, 0.3) is 0 Å². The van der Waals surface area contributed by atoms with Crippen LogP contribution in [0.5, 0.6) is 0 Å². The average molecular weight is 523 g/mol. The highest BCUT2D eigenvalue weighted by Gasteiger charge is 2.29. The third-order valence-corrected chi connectivity index (χ3v) is 10.1. The van der Waals surface area contributed by atoms with E-state index in [-0.39, 0.29) is 0 Å². The van der Waals surface area contributed by atoms with Crippen molar-refractivity contribution in [1.29, 1.82) is 0 Å². The molecule has 0 radical (unpaired) electrons. The van der Waals surface area contributed by atoms with Gasteiger partial charge in [-0.1, -0.05) is 121 Å². The zero-order valence-corrected chi connectivity index (χ0v) is 21.8. The second-order valence-electron chi connectivity index (χ2n) is 9.31.